The largest absolute Gasteiger partial charge is 0.354 e. The van der Waals surface area contributed by atoms with Crippen LogP contribution in [0.1, 0.15) is 24.9 Å². The second-order valence-electron chi connectivity index (χ2n) is 5.98. The minimum Gasteiger partial charge on any atom is -0.354 e. The van der Waals surface area contributed by atoms with E-state index in [1.807, 2.05) is 18.2 Å². The predicted octanol–water partition coefficient (Wildman–Crippen LogP) is 1.74. The average molecular weight is 351 g/mol. The molecule has 1 N–H and O–H groups in total. The Labute approximate surface area is 151 Å². The molecule has 0 fully saturated rings. The van der Waals surface area contributed by atoms with Gasteiger partial charge in [0.25, 0.3) is 5.56 Å². The van der Waals surface area contributed by atoms with Gasteiger partial charge < -0.3 is 5.32 Å². The molecule has 26 heavy (non-hydrogen) atoms. The molecule has 2 aromatic heterocycles. The second kappa shape index (κ2) is 8.24. The predicted molar refractivity (Wildman–Crippen MR) is 98.1 cm³/mol. The highest BCUT2D eigenvalue weighted by atomic mass is 16.2. The first-order valence-electron chi connectivity index (χ1n) is 8.56. The van der Waals surface area contributed by atoms with Crippen molar-refractivity contribution in [3.05, 3.63) is 76.8 Å². The number of carbonyl (C=O) groups excluding carboxylic acids is 1. The highest BCUT2D eigenvalue weighted by Crippen LogP contribution is 2.05. The van der Waals surface area contributed by atoms with Gasteiger partial charge in [0.15, 0.2) is 5.82 Å². The lowest BCUT2D eigenvalue weighted by molar-refractivity contribution is -0.124. The van der Waals surface area contributed by atoms with Crippen LogP contribution in [0, 0.1) is 0 Å². The lowest BCUT2D eigenvalue weighted by atomic mass is 10.1. The molecule has 0 spiro atoms. The molecule has 134 valence electrons. The summed E-state index contributed by atoms with van der Waals surface area (Å²) in [6.07, 6.45) is 5.08. The molecule has 7 heteroatoms. The molecule has 0 bridgehead atoms. The SMILES string of the molecule is CC(C(=O)NCCCc1ccccc1)n1nc(-n2cccn2)ccc1=O. The van der Waals surface area contributed by atoms with Gasteiger partial charge in [0, 0.05) is 25.0 Å². The summed E-state index contributed by atoms with van der Waals surface area (Å²) in [5, 5.41) is 11.2. The summed E-state index contributed by atoms with van der Waals surface area (Å²) in [6.45, 7) is 2.21. The molecular formula is C19H21N5O2. The van der Waals surface area contributed by atoms with Crippen LogP contribution in [0.25, 0.3) is 5.82 Å². The van der Waals surface area contributed by atoms with E-state index in [1.54, 1.807) is 36.1 Å². The maximum Gasteiger partial charge on any atom is 0.267 e. The van der Waals surface area contributed by atoms with Gasteiger partial charge in [-0.25, -0.2) is 9.36 Å². The van der Waals surface area contributed by atoms with Crippen molar-refractivity contribution in [1.82, 2.24) is 24.9 Å². The Kier molecular flexibility index (Phi) is 5.58. The van der Waals surface area contributed by atoms with E-state index in [-0.39, 0.29) is 11.5 Å². The zero-order chi connectivity index (χ0) is 18.4. The van der Waals surface area contributed by atoms with Gasteiger partial charge in [-0.05, 0) is 37.5 Å². The Bertz CT molecular complexity index is 903. The summed E-state index contributed by atoms with van der Waals surface area (Å²) in [4.78, 5) is 24.5. The van der Waals surface area contributed by atoms with Crippen molar-refractivity contribution in [3.8, 4) is 5.82 Å². The lowest BCUT2D eigenvalue weighted by Gasteiger charge is -2.15. The quantitative estimate of drug-likeness (QED) is 0.658. The number of rotatable bonds is 7. The van der Waals surface area contributed by atoms with Crippen molar-refractivity contribution in [2.24, 2.45) is 0 Å². The summed E-state index contributed by atoms with van der Waals surface area (Å²) >= 11 is 0. The Balaban J connectivity index is 1.59. The van der Waals surface area contributed by atoms with E-state index < -0.39 is 6.04 Å². The van der Waals surface area contributed by atoms with Crippen LogP contribution >= 0.6 is 0 Å². The molecule has 0 saturated heterocycles. The molecule has 1 unspecified atom stereocenters. The minimum atomic E-state index is -0.699. The standard InChI is InChI=1S/C19H21N5O2/c1-15(19(26)20-12-5-9-16-7-3-2-4-8-16)24-18(25)11-10-17(22-24)23-14-6-13-21-23/h2-4,6-8,10-11,13-15H,5,9,12H2,1H3,(H,20,26). The maximum absolute atomic E-state index is 12.4. The van der Waals surface area contributed by atoms with E-state index in [0.717, 1.165) is 12.8 Å². The van der Waals surface area contributed by atoms with Crippen LogP contribution in [0.3, 0.4) is 0 Å². The third kappa shape index (κ3) is 4.24. The van der Waals surface area contributed by atoms with E-state index in [9.17, 15) is 9.59 Å². The molecule has 0 radical (unpaired) electrons. The van der Waals surface area contributed by atoms with Crippen molar-refractivity contribution < 1.29 is 4.79 Å². The van der Waals surface area contributed by atoms with Crippen LogP contribution in [0.4, 0.5) is 0 Å². The third-order valence-corrected chi connectivity index (χ3v) is 4.08. The van der Waals surface area contributed by atoms with Gasteiger partial charge >= 0.3 is 0 Å². The summed E-state index contributed by atoms with van der Waals surface area (Å²) in [7, 11) is 0. The summed E-state index contributed by atoms with van der Waals surface area (Å²) < 4.78 is 2.73. The van der Waals surface area contributed by atoms with Crippen LogP contribution in [-0.2, 0) is 11.2 Å². The van der Waals surface area contributed by atoms with Gasteiger partial charge in [0.05, 0.1) is 0 Å². The Morgan fingerprint density at radius 3 is 2.69 bits per heavy atom. The first-order valence-corrected chi connectivity index (χ1v) is 8.56. The fraction of sp³-hybridized carbons (Fsp3) is 0.263. The Hall–Kier alpha value is -3.22. The van der Waals surface area contributed by atoms with E-state index in [0.29, 0.717) is 12.4 Å². The molecule has 0 aliphatic heterocycles. The first-order chi connectivity index (χ1) is 12.6. The van der Waals surface area contributed by atoms with Gasteiger partial charge in [0.1, 0.15) is 6.04 Å². The second-order valence-corrected chi connectivity index (χ2v) is 5.98. The number of carbonyl (C=O) groups is 1. The average Bonchev–Trinajstić information content (AvgIpc) is 3.20. The van der Waals surface area contributed by atoms with Crippen molar-refractivity contribution in [2.45, 2.75) is 25.8 Å². The molecule has 1 aromatic carbocycles. The van der Waals surface area contributed by atoms with Gasteiger partial charge in [-0.1, -0.05) is 30.3 Å². The molecular weight excluding hydrogens is 330 g/mol. The van der Waals surface area contributed by atoms with Gasteiger partial charge in [-0.3, -0.25) is 9.59 Å². The molecule has 0 aliphatic rings. The number of hydrogen-bond donors (Lipinski definition) is 1. The Morgan fingerprint density at radius 2 is 1.96 bits per heavy atom. The van der Waals surface area contributed by atoms with Crippen LogP contribution in [0.2, 0.25) is 0 Å². The normalized spacial score (nSPS) is 11.9. The fourth-order valence-electron chi connectivity index (χ4n) is 2.63. The van der Waals surface area contributed by atoms with E-state index >= 15 is 0 Å². The number of aryl methyl sites for hydroxylation is 1. The van der Waals surface area contributed by atoms with Gasteiger partial charge in [0.2, 0.25) is 5.91 Å². The van der Waals surface area contributed by atoms with Crippen LogP contribution in [-0.4, -0.2) is 32.0 Å². The number of amides is 1. The van der Waals surface area contributed by atoms with Gasteiger partial charge in [-0.2, -0.15) is 5.10 Å². The van der Waals surface area contributed by atoms with Crippen molar-refractivity contribution in [1.29, 1.82) is 0 Å². The molecule has 0 aliphatic carbocycles. The first kappa shape index (κ1) is 17.6. The number of benzene rings is 1. The van der Waals surface area contributed by atoms with Crippen molar-refractivity contribution >= 4 is 5.91 Å². The highest BCUT2D eigenvalue weighted by molar-refractivity contribution is 5.79. The van der Waals surface area contributed by atoms with Crippen molar-refractivity contribution in [3.63, 3.8) is 0 Å². The molecule has 2 heterocycles. The molecule has 3 aromatic rings. The monoisotopic (exact) mass is 351 g/mol. The molecule has 7 nitrogen and oxygen atoms in total. The van der Waals surface area contributed by atoms with E-state index in [1.165, 1.54) is 16.3 Å². The van der Waals surface area contributed by atoms with E-state index in [4.69, 9.17) is 0 Å². The third-order valence-electron chi connectivity index (χ3n) is 4.08. The molecule has 1 atom stereocenters. The summed E-state index contributed by atoms with van der Waals surface area (Å²) in [5.41, 5.74) is 0.910. The van der Waals surface area contributed by atoms with Crippen LogP contribution in [0.15, 0.2) is 65.7 Å². The van der Waals surface area contributed by atoms with Crippen molar-refractivity contribution in [2.75, 3.05) is 6.54 Å². The highest BCUT2D eigenvalue weighted by Gasteiger charge is 2.17. The van der Waals surface area contributed by atoms with Crippen LogP contribution < -0.4 is 10.9 Å². The molecule has 3 rings (SSSR count). The Morgan fingerprint density at radius 1 is 1.15 bits per heavy atom. The number of nitrogens with one attached hydrogen (secondary N) is 1. The minimum absolute atomic E-state index is 0.231. The zero-order valence-corrected chi connectivity index (χ0v) is 14.6. The van der Waals surface area contributed by atoms with Crippen LogP contribution in [0.5, 0.6) is 0 Å². The molecule has 0 saturated carbocycles. The summed E-state index contributed by atoms with van der Waals surface area (Å²) in [5.74, 6) is 0.253. The number of hydrogen-bond acceptors (Lipinski definition) is 4. The van der Waals surface area contributed by atoms with Gasteiger partial charge in [-0.15, -0.1) is 5.10 Å². The summed E-state index contributed by atoms with van der Waals surface area (Å²) in [6, 6.07) is 14.1. The fourth-order valence-corrected chi connectivity index (χ4v) is 2.63. The number of nitrogens with zero attached hydrogens (tertiary/aromatic N) is 4. The zero-order valence-electron chi connectivity index (χ0n) is 14.6. The topological polar surface area (TPSA) is 81.8 Å². The number of aromatic nitrogens is 4. The molecule has 1 amide bonds. The maximum atomic E-state index is 12.4. The lowest BCUT2D eigenvalue weighted by Crippen LogP contribution is -2.37. The van der Waals surface area contributed by atoms with E-state index in [2.05, 4.69) is 27.6 Å². The smallest absolute Gasteiger partial charge is 0.267 e.